The van der Waals surface area contributed by atoms with Gasteiger partial charge in [-0.15, -0.1) is 0 Å². The number of aliphatic hydroxyl groups is 1. The summed E-state index contributed by atoms with van der Waals surface area (Å²) in [5.41, 5.74) is 0. The first-order valence-electron chi connectivity index (χ1n) is 4.85. The van der Waals surface area contributed by atoms with E-state index in [-0.39, 0.29) is 24.7 Å². The van der Waals surface area contributed by atoms with E-state index in [0.29, 0.717) is 19.5 Å². The molecule has 1 heterocycles. The summed E-state index contributed by atoms with van der Waals surface area (Å²) in [6, 6.07) is 0. The maximum atomic E-state index is 11.4. The number of hydrogen-bond donors (Lipinski definition) is 1. The van der Waals surface area contributed by atoms with E-state index < -0.39 is 0 Å². The van der Waals surface area contributed by atoms with Crippen LogP contribution in [-0.4, -0.2) is 41.9 Å². The van der Waals surface area contributed by atoms with E-state index in [9.17, 15) is 9.90 Å². The molecule has 1 aliphatic heterocycles. The molecule has 0 spiro atoms. The molecule has 0 bridgehead atoms. The Hall–Kier alpha value is -1.03. The van der Waals surface area contributed by atoms with Crippen LogP contribution in [0.5, 0.6) is 0 Å². The number of carbonyl (C=O) groups excluding carboxylic acids is 1. The molecule has 4 nitrogen and oxygen atoms in total. The van der Waals surface area contributed by atoms with Crippen molar-refractivity contribution in [2.45, 2.75) is 19.4 Å². The van der Waals surface area contributed by atoms with Gasteiger partial charge in [-0.1, -0.05) is 19.6 Å². The fraction of sp³-hybridized carbons (Fsp3) is 0.700. The van der Waals surface area contributed by atoms with Crippen molar-refractivity contribution in [2.24, 2.45) is 5.92 Å². The number of piperidine rings is 1. The summed E-state index contributed by atoms with van der Waals surface area (Å²) in [4.78, 5) is 13.0. The number of aliphatic hydroxyl groups excluding tert-OH is 1. The van der Waals surface area contributed by atoms with Gasteiger partial charge >= 0.3 is 6.09 Å². The fourth-order valence-electron chi connectivity index (χ4n) is 1.52. The van der Waals surface area contributed by atoms with Crippen LogP contribution in [0.3, 0.4) is 0 Å². The van der Waals surface area contributed by atoms with Crippen molar-refractivity contribution in [1.29, 1.82) is 0 Å². The Kier molecular flexibility index (Phi) is 3.95. The number of likely N-dealkylation sites (tertiary alicyclic amines) is 1. The monoisotopic (exact) mass is 199 g/mol. The molecule has 0 radical (unpaired) electrons. The zero-order valence-electron chi connectivity index (χ0n) is 8.48. The lowest BCUT2D eigenvalue weighted by molar-refractivity contribution is 0.0294. The molecular weight excluding hydrogens is 182 g/mol. The van der Waals surface area contributed by atoms with E-state index in [1.54, 1.807) is 11.0 Å². The maximum absolute atomic E-state index is 11.4. The summed E-state index contributed by atoms with van der Waals surface area (Å²) in [6.07, 6.45) is 1.56. The first-order valence-corrected chi connectivity index (χ1v) is 4.85. The first-order chi connectivity index (χ1) is 6.65. The lowest BCUT2D eigenvalue weighted by Gasteiger charge is -2.33. The minimum Gasteiger partial charge on any atom is -0.445 e. The van der Waals surface area contributed by atoms with E-state index in [2.05, 4.69) is 6.58 Å². The largest absolute Gasteiger partial charge is 0.445 e. The van der Waals surface area contributed by atoms with Crippen molar-refractivity contribution in [3.05, 3.63) is 12.7 Å². The second-order valence-electron chi connectivity index (χ2n) is 3.64. The summed E-state index contributed by atoms with van der Waals surface area (Å²) >= 11 is 0. The molecule has 2 atom stereocenters. The topological polar surface area (TPSA) is 49.8 Å². The molecule has 0 aromatic heterocycles. The number of rotatable bonds is 2. The van der Waals surface area contributed by atoms with Gasteiger partial charge in [0.2, 0.25) is 0 Å². The molecule has 1 rings (SSSR count). The molecule has 0 saturated carbocycles. The van der Waals surface area contributed by atoms with E-state index in [1.807, 2.05) is 6.92 Å². The highest BCUT2D eigenvalue weighted by molar-refractivity contribution is 5.67. The quantitative estimate of drug-likeness (QED) is 0.675. The zero-order valence-corrected chi connectivity index (χ0v) is 8.48. The van der Waals surface area contributed by atoms with Crippen LogP contribution in [0.2, 0.25) is 0 Å². The number of ether oxygens (including phenoxy) is 1. The third kappa shape index (κ3) is 2.73. The predicted octanol–water partition coefficient (Wildman–Crippen LogP) is 1.01. The summed E-state index contributed by atoms with van der Waals surface area (Å²) in [5, 5.41) is 9.46. The van der Waals surface area contributed by atoms with Crippen LogP contribution >= 0.6 is 0 Å². The van der Waals surface area contributed by atoms with Crippen molar-refractivity contribution < 1.29 is 14.6 Å². The van der Waals surface area contributed by atoms with Crippen molar-refractivity contribution >= 4 is 6.09 Å². The van der Waals surface area contributed by atoms with Gasteiger partial charge in [0.25, 0.3) is 0 Å². The van der Waals surface area contributed by atoms with Crippen LogP contribution in [-0.2, 0) is 4.74 Å². The Balaban J connectivity index is 2.38. The molecule has 1 amide bonds. The molecule has 0 aliphatic carbocycles. The fourth-order valence-corrected chi connectivity index (χ4v) is 1.52. The van der Waals surface area contributed by atoms with Crippen LogP contribution in [0.1, 0.15) is 13.3 Å². The number of carbonyl (C=O) groups is 1. The van der Waals surface area contributed by atoms with Gasteiger partial charge in [0, 0.05) is 13.1 Å². The molecule has 14 heavy (non-hydrogen) atoms. The Morgan fingerprint density at radius 1 is 1.79 bits per heavy atom. The summed E-state index contributed by atoms with van der Waals surface area (Å²) in [5.74, 6) is 0.125. The highest BCUT2D eigenvalue weighted by Gasteiger charge is 2.27. The van der Waals surface area contributed by atoms with Crippen molar-refractivity contribution in [2.75, 3.05) is 19.7 Å². The molecule has 4 heteroatoms. The van der Waals surface area contributed by atoms with E-state index >= 15 is 0 Å². The van der Waals surface area contributed by atoms with Crippen molar-refractivity contribution in [3.63, 3.8) is 0 Å². The molecule has 2 unspecified atom stereocenters. The second kappa shape index (κ2) is 5.00. The van der Waals surface area contributed by atoms with Gasteiger partial charge in [-0.3, -0.25) is 0 Å². The number of nitrogens with zero attached hydrogens (tertiary/aromatic N) is 1. The van der Waals surface area contributed by atoms with Gasteiger partial charge in [-0.05, 0) is 12.3 Å². The molecule has 1 aliphatic rings. The maximum Gasteiger partial charge on any atom is 0.410 e. The third-order valence-electron chi connectivity index (χ3n) is 2.44. The summed E-state index contributed by atoms with van der Waals surface area (Å²) in [7, 11) is 0. The predicted molar refractivity (Wildman–Crippen MR) is 52.9 cm³/mol. The Bertz CT molecular complexity index is 217. The minimum atomic E-state index is -0.316. The lowest BCUT2D eigenvalue weighted by Crippen LogP contribution is -2.45. The summed E-state index contributed by atoms with van der Waals surface area (Å²) in [6.45, 7) is 6.78. The highest BCUT2D eigenvalue weighted by Crippen LogP contribution is 2.16. The molecule has 0 aromatic rings. The van der Waals surface area contributed by atoms with Gasteiger partial charge in [-0.2, -0.15) is 0 Å². The standard InChI is InChI=1S/C10H17NO3/c1-3-6-14-10(13)11-5-4-9(12)8(2)7-11/h3,8-9,12H,1,4-7H2,2H3. The first kappa shape index (κ1) is 11.0. The van der Waals surface area contributed by atoms with E-state index in [4.69, 9.17) is 4.74 Å². The molecule has 1 saturated heterocycles. The smallest absolute Gasteiger partial charge is 0.410 e. The molecular formula is C10H17NO3. The molecule has 0 aromatic carbocycles. The van der Waals surface area contributed by atoms with E-state index in [1.165, 1.54) is 0 Å². The van der Waals surface area contributed by atoms with Crippen LogP contribution in [0.25, 0.3) is 0 Å². The zero-order chi connectivity index (χ0) is 10.6. The normalized spacial score (nSPS) is 27.1. The van der Waals surface area contributed by atoms with Gasteiger partial charge in [0.1, 0.15) is 6.61 Å². The van der Waals surface area contributed by atoms with Crippen molar-refractivity contribution in [1.82, 2.24) is 4.90 Å². The van der Waals surface area contributed by atoms with Gasteiger partial charge in [-0.25, -0.2) is 4.79 Å². The summed E-state index contributed by atoms with van der Waals surface area (Å²) < 4.78 is 4.90. The Morgan fingerprint density at radius 3 is 3.07 bits per heavy atom. The van der Waals surface area contributed by atoms with Crippen LogP contribution in [0.15, 0.2) is 12.7 Å². The third-order valence-corrected chi connectivity index (χ3v) is 2.44. The van der Waals surface area contributed by atoms with Crippen LogP contribution in [0.4, 0.5) is 4.79 Å². The molecule has 1 fully saturated rings. The Morgan fingerprint density at radius 2 is 2.50 bits per heavy atom. The van der Waals surface area contributed by atoms with Gasteiger partial charge in [0.05, 0.1) is 6.10 Å². The molecule has 80 valence electrons. The average molecular weight is 199 g/mol. The molecule has 1 N–H and O–H groups in total. The lowest BCUT2D eigenvalue weighted by atomic mass is 9.97. The number of hydrogen-bond acceptors (Lipinski definition) is 3. The van der Waals surface area contributed by atoms with Gasteiger partial charge in [0.15, 0.2) is 0 Å². The van der Waals surface area contributed by atoms with Gasteiger partial charge < -0.3 is 14.7 Å². The van der Waals surface area contributed by atoms with Crippen molar-refractivity contribution in [3.8, 4) is 0 Å². The van der Waals surface area contributed by atoms with Crippen LogP contribution in [0, 0.1) is 5.92 Å². The van der Waals surface area contributed by atoms with Crippen LogP contribution < -0.4 is 0 Å². The van der Waals surface area contributed by atoms with E-state index in [0.717, 1.165) is 0 Å². The average Bonchev–Trinajstić information content (AvgIpc) is 2.18. The second-order valence-corrected chi connectivity index (χ2v) is 3.64. The Labute approximate surface area is 84.2 Å². The highest BCUT2D eigenvalue weighted by atomic mass is 16.6. The number of amides is 1. The SMILES string of the molecule is C=CCOC(=O)N1CCC(O)C(C)C1. The minimum absolute atomic E-state index is 0.125.